The molecular formula is C13H13ClFNO2S2. The Kier molecular flexibility index (Phi) is 5.15. The van der Waals surface area contributed by atoms with Crippen LogP contribution in [0.4, 0.5) is 4.39 Å². The van der Waals surface area contributed by atoms with Gasteiger partial charge < -0.3 is 0 Å². The van der Waals surface area contributed by atoms with Crippen molar-refractivity contribution in [2.45, 2.75) is 12.2 Å². The van der Waals surface area contributed by atoms with Gasteiger partial charge in [0.25, 0.3) is 0 Å². The van der Waals surface area contributed by atoms with E-state index in [9.17, 15) is 12.8 Å². The van der Waals surface area contributed by atoms with E-state index in [4.69, 9.17) is 11.6 Å². The molecule has 7 heteroatoms. The summed E-state index contributed by atoms with van der Waals surface area (Å²) >= 11 is 7.23. The summed E-state index contributed by atoms with van der Waals surface area (Å²) in [6.07, 6.45) is 0.597. The number of halogens is 2. The summed E-state index contributed by atoms with van der Waals surface area (Å²) in [4.78, 5) is 1.03. The topological polar surface area (TPSA) is 46.2 Å². The molecule has 0 bridgehead atoms. The molecule has 1 aromatic heterocycles. The highest BCUT2D eigenvalue weighted by atomic mass is 35.5. The quantitative estimate of drug-likeness (QED) is 0.882. The first-order valence-electron chi connectivity index (χ1n) is 5.91. The first-order chi connectivity index (χ1) is 9.44. The number of rotatable bonds is 6. The molecule has 0 saturated heterocycles. The third-order valence-electron chi connectivity index (χ3n) is 2.59. The van der Waals surface area contributed by atoms with Gasteiger partial charge in [0.1, 0.15) is 5.82 Å². The van der Waals surface area contributed by atoms with Crippen LogP contribution >= 0.6 is 22.9 Å². The van der Waals surface area contributed by atoms with Crippen molar-refractivity contribution in [2.75, 3.05) is 6.54 Å². The summed E-state index contributed by atoms with van der Waals surface area (Å²) in [6, 6.07) is 9.09. The highest BCUT2D eigenvalue weighted by Gasteiger charge is 2.11. The molecular weight excluding hydrogens is 321 g/mol. The fraction of sp³-hybridized carbons (Fsp3) is 0.231. The van der Waals surface area contributed by atoms with Gasteiger partial charge in [-0.2, -0.15) is 0 Å². The molecule has 1 N–H and O–H groups in total. The van der Waals surface area contributed by atoms with Crippen LogP contribution in [0.25, 0.3) is 0 Å². The van der Waals surface area contributed by atoms with Crippen LogP contribution in [-0.2, 0) is 22.2 Å². The van der Waals surface area contributed by atoms with Crippen LogP contribution in [0.15, 0.2) is 36.4 Å². The lowest BCUT2D eigenvalue weighted by Gasteiger charge is -2.06. The van der Waals surface area contributed by atoms with Gasteiger partial charge in [-0.05, 0) is 36.2 Å². The Labute approximate surface area is 126 Å². The molecule has 0 aliphatic rings. The molecule has 0 aliphatic carbocycles. The molecule has 1 aromatic carbocycles. The predicted octanol–water partition coefficient (Wildman–Crippen LogP) is 3.20. The van der Waals surface area contributed by atoms with E-state index in [1.165, 1.54) is 35.6 Å². The lowest BCUT2D eigenvalue weighted by molar-refractivity contribution is 0.580. The minimum Gasteiger partial charge on any atom is -0.215 e. The molecule has 1 heterocycles. The number of benzene rings is 1. The summed E-state index contributed by atoms with van der Waals surface area (Å²) in [5, 5.41) is 0. The number of hydrogen-bond acceptors (Lipinski definition) is 3. The Balaban J connectivity index is 1.86. The Bertz CT molecular complexity index is 668. The van der Waals surface area contributed by atoms with E-state index in [1.54, 1.807) is 6.07 Å². The lowest BCUT2D eigenvalue weighted by atomic mass is 10.2. The Morgan fingerprint density at radius 2 is 1.85 bits per heavy atom. The molecule has 0 amide bonds. The van der Waals surface area contributed by atoms with Crippen molar-refractivity contribution >= 4 is 33.0 Å². The van der Waals surface area contributed by atoms with Crippen molar-refractivity contribution in [1.29, 1.82) is 0 Å². The second-order valence-corrected chi connectivity index (χ2v) is 7.84. The van der Waals surface area contributed by atoms with Gasteiger partial charge >= 0.3 is 0 Å². The van der Waals surface area contributed by atoms with Crippen molar-refractivity contribution in [3.05, 3.63) is 57.0 Å². The highest BCUT2D eigenvalue weighted by Crippen LogP contribution is 2.21. The van der Waals surface area contributed by atoms with Gasteiger partial charge in [0.15, 0.2) is 0 Å². The van der Waals surface area contributed by atoms with Crippen LogP contribution in [0, 0.1) is 5.82 Å². The zero-order valence-electron chi connectivity index (χ0n) is 10.5. The normalized spacial score (nSPS) is 11.7. The first-order valence-corrected chi connectivity index (χ1v) is 8.75. The standard InChI is InChI=1S/C13H13ClFNO2S2/c14-13-6-5-12(19-13)7-8-16-20(17,18)9-10-1-3-11(15)4-2-10/h1-6,16H,7-9H2. The van der Waals surface area contributed by atoms with E-state index in [1.807, 2.05) is 6.07 Å². The molecule has 0 atom stereocenters. The number of hydrogen-bond donors (Lipinski definition) is 1. The number of sulfonamides is 1. The first kappa shape index (κ1) is 15.4. The van der Waals surface area contributed by atoms with E-state index in [0.29, 0.717) is 22.9 Å². The van der Waals surface area contributed by atoms with Gasteiger partial charge in [0.05, 0.1) is 10.1 Å². The summed E-state index contributed by atoms with van der Waals surface area (Å²) in [5.41, 5.74) is 0.554. The largest absolute Gasteiger partial charge is 0.215 e. The molecule has 3 nitrogen and oxygen atoms in total. The summed E-state index contributed by atoms with van der Waals surface area (Å²) in [7, 11) is -3.41. The summed E-state index contributed by atoms with van der Waals surface area (Å²) in [6.45, 7) is 0.320. The second kappa shape index (κ2) is 6.67. The SMILES string of the molecule is O=S(=O)(Cc1ccc(F)cc1)NCCc1ccc(Cl)s1. The summed E-state index contributed by atoms with van der Waals surface area (Å²) < 4.78 is 39.7. The minimum atomic E-state index is -3.41. The monoisotopic (exact) mass is 333 g/mol. The van der Waals surface area contributed by atoms with Gasteiger partial charge in [-0.15, -0.1) is 11.3 Å². The van der Waals surface area contributed by atoms with Crippen molar-refractivity contribution in [3.8, 4) is 0 Å². The number of nitrogens with one attached hydrogen (secondary N) is 1. The third kappa shape index (κ3) is 4.86. The summed E-state index contributed by atoms with van der Waals surface area (Å²) in [5.74, 6) is -0.535. The molecule has 20 heavy (non-hydrogen) atoms. The van der Waals surface area contributed by atoms with Crippen molar-refractivity contribution in [2.24, 2.45) is 0 Å². The Hall–Kier alpha value is -0.950. The maximum Gasteiger partial charge on any atom is 0.215 e. The maximum absolute atomic E-state index is 12.7. The van der Waals surface area contributed by atoms with Crippen LogP contribution in [-0.4, -0.2) is 15.0 Å². The van der Waals surface area contributed by atoms with Crippen LogP contribution < -0.4 is 4.72 Å². The Morgan fingerprint density at radius 1 is 1.15 bits per heavy atom. The lowest BCUT2D eigenvalue weighted by Crippen LogP contribution is -2.27. The van der Waals surface area contributed by atoms with Crippen molar-refractivity contribution in [3.63, 3.8) is 0 Å². The zero-order valence-corrected chi connectivity index (χ0v) is 12.9. The average Bonchev–Trinajstić information content (AvgIpc) is 2.77. The van der Waals surface area contributed by atoms with Crippen LogP contribution in [0.1, 0.15) is 10.4 Å². The van der Waals surface area contributed by atoms with Gasteiger partial charge in [-0.3, -0.25) is 0 Å². The molecule has 0 aliphatic heterocycles. The fourth-order valence-electron chi connectivity index (χ4n) is 1.67. The van der Waals surface area contributed by atoms with E-state index in [0.717, 1.165) is 4.88 Å². The van der Waals surface area contributed by atoms with Crippen molar-refractivity contribution in [1.82, 2.24) is 4.72 Å². The molecule has 0 radical (unpaired) electrons. The van der Waals surface area contributed by atoms with E-state index >= 15 is 0 Å². The third-order valence-corrected chi connectivity index (χ3v) is 5.24. The second-order valence-electron chi connectivity index (χ2n) is 4.24. The molecule has 0 spiro atoms. The molecule has 0 saturated carbocycles. The van der Waals surface area contributed by atoms with E-state index in [2.05, 4.69) is 4.72 Å². The predicted molar refractivity (Wildman–Crippen MR) is 80.1 cm³/mol. The smallest absolute Gasteiger partial charge is 0.215 e. The Morgan fingerprint density at radius 3 is 2.45 bits per heavy atom. The van der Waals surface area contributed by atoms with Crippen LogP contribution in [0.3, 0.4) is 0 Å². The van der Waals surface area contributed by atoms with Gasteiger partial charge in [0.2, 0.25) is 10.0 Å². The number of thiophene rings is 1. The highest BCUT2D eigenvalue weighted by molar-refractivity contribution is 7.88. The molecule has 0 fully saturated rings. The van der Waals surface area contributed by atoms with Crippen LogP contribution in [0.5, 0.6) is 0 Å². The van der Waals surface area contributed by atoms with Crippen LogP contribution in [0.2, 0.25) is 4.34 Å². The van der Waals surface area contributed by atoms with Gasteiger partial charge in [-0.1, -0.05) is 23.7 Å². The van der Waals surface area contributed by atoms with Gasteiger partial charge in [-0.25, -0.2) is 17.5 Å². The minimum absolute atomic E-state index is 0.154. The van der Waals surface area contributed by atoms with E-state index in [-0.39, 0.29) is 11.6 Å². The van der Waals surface area contributed by atoms with Gasteiger partial charge in [0, 0.05) is 11.4 Å². The molecule has 2 aromatic rings. The zero-order chi connectivity index (χ0) is 14.6. The molecule has 108 valence electrons. The maximum atomic E-state index is 12.7. The molecule has 2 rings (SSSR count). The average molecular weight is 334 g/mol. The van der Waals surface area contributed by atoms with Crippen molar-refractivity contribution < 1.29 is 12.8 Å². The fourth-order valence-corrected chi connectivity index (χ4v) is 3.90. The molecule has 0 unspecified atom stereocenters. The van der Waals surface area contributed by atoms with E-state index < -0.39 is 10.0 Å².